The number of esters is 1. The molecule has 1 N–H and O–H groups in total. The van der Waals surface area contributed by atoms with Crippen LogP contribution in [0.25, 0.3) is 0 Å². The van der Waals surface area contributed by atoms with Crippen LogP contribution in [0.5, 0.6) is 5.75 Å². The molecule has 0 saturated carbocycles. The van der Waals surface area contributed by atoms with Gasteiger partial charge in [-0.1, -0.05) is 29.8 Å². The first kappa shape index (κ1) is 20.5. The molecule has 1 saturated heterocycles. The van der Waals surface area contributed by atoms with E-state index in [1.165, 1.54) is 6.08 Å². The van der Waals surface area contributed by atoms with E-state index in [2.05, 4.69) is 5.32 Å². The Bertz CT molecular complexity index is 903. The van der Waals surface area contributed by atoms with Crippen molar-refractivity contribution in [2.75, 3.05) is 18.6 Å². The Morgan fingerprint density at radius 1 is 1.14 bits per heavy atom. The van der Waals surface area contributed by atoms with Crippen molar-refractivity contribution in [2.24, 2.45) is 0 Å². The fourth-order valence-corrected chi connectivity index (χ4v) is 3.41. The van der Waals surface area contributed by atoms with Gasteiger partial charge in [-0.05, 0) is 50.6 Å². The third-order valence-electron chi connectivity index (χ3n) is 4.87. The molecule has 2 atom stereocenters. The van der Waals surface area contributed by atoms with Gasteiger partial charge in [-0.25, -0.2) is 4.79 Å². The third kappa shape index (κ3) is 4.42. The summed E-state index contributed by atoms with van der Waals surface area (Å²) in [6.07, 6.45) is 1.37. The molecule has 1 aliphatic heterocycles. The highest BCUT2D eigenvalue weighted by molar-refractivity contribution is 6.06. The summed E-state index contributed by atoms with van der Waals surface area (Å²) in [6.45, 7) is 5.82. The number of carbonyl (C=O) groups is 2. The van der Waals surface area contributed by atoms with Crippen molar-refractivity contribution in [3.8, 4) is 5.75 Å². The first-order chi connectivity index (χ1) is 13.9. The number of anilines is 1. The minimum absolute atomic E-state index is 0.0497. The van der Waals surface area contributed by atoms with Crippen molar-refractivity contribution in [1.82, 2.24) is 5.32 Å². The Morgan fingerprint density at radius 2 is 1.79 bits per heavy atom. The maximum atomic E-state index is 13.0. The van der Waals surface area contributed by atoms with Crippen molar-refractivity contribution in [1.29, 1.82) is 0 Å². The van der Waals surface area contributed by atoms with E-state index in [1.807, 2.05) is 55.5 Å². The lowest BCUT2D eigenvalue weighted by Gasteiger charge is -2.48. The Kier molecular flexibility index (Phi) is 6.22. The van der Waals surface area contributed by atoms with E-state index in [0.29, 0.717) is 12.3 Å². The van der Waals surface area contributed by atoms with Gasteiger partial charge in [0.15, 0.2) is 0 Å². The molecule has 1 fully saturated rings. The quantitative estimate of drug-likeness (QED) is 0.442. The summed E-state index contributed by atoms with van der Waals surface area (Å²) in [4.78, 5) is 26.5. The second kappa shape index (κ2) is 8.82. The molecule has 3 rings (SSSR count). The molecule has 6 nitrogen and oxygen atoms in total. The van der Waals surface area contributed by atoms with E-state index in [1.54, 1.807) is 25.9 Å². The molecule has 0 aromatic heterocycles. The van der Waals surface area contributed by atoms with Gasteiger partial charge in [-0.3, -0.25) is 4.79 Å². The number of carbonyl (C=O) groups excluding carboxylic acids is 2. The zero-order chi connectivity index (χ0) is 21.0. The third-order valence-corrected chi connectivity index (χ3v) is 4.87. The molecule has 1 heterocycles. The number of ether oxygens (including phenoxy) is 2. The number of hydrogen-bond acceptors (Lipinski definition) is 5. The number of methoxy groups -OCH3 is 1. The predicted molar refractivity (Wildman–Crippen MR) is 112 cm³/mol. The smallest absolute Gasteiger partial charge is 0.332 e. The molecular formula is C23H26N2O4. The summed E-state index contributed by atoms with van der Waals surface area (Å²) >= 11 is 0. The van der Waals surface area contributed by atoms with Gasteiger partial charge in [-0.15, -0.1) is 0 Å². The topological polar surface area (TPSA) is 67.9 Å². The van der Waals surface area contributed by atoms with Gasteiger partial charge in [0, 0.05) is 17.5 Å². The van der Waals surface area contributed by atoms with Crippen LogP contribution in [0.15, 0.2) is 60.3 Å². The highest BCUT2D eigenvalue weighted by Crippen LogP contribution is 2.40. The minimum atomic E-state index is -0.477. The van der Waals surface area contributed by atoms with E-state index in [-0.39, 0.29) is 11.9 Å². The number of nitrogens with one attached hydrogen (secondary N) is 1. The van der Waals surface area contributed by atoms with Crippen LogP contribution in [-0.4, -0.2) is 31.6 Å². The summed E-state index contributed by atoms with van der Waals surface area (Å²) in [5.41, 5.74) is 3.54. The summed E-state index contributed by atoms with van der Waals surface area (Å²) < 4.78 is 10.2. The Hall–Kier alpha value is -3.28. The van der Waals surface area contributed by atoms with Gasteiger partial charge in [0.05, 0.1) is 19.8 Å². The van der Waals surface area contributed by atoms with Crippen molar-refractivity contribution >= 4 is 17.6 Å². The molecule has 2 aromatic carbocycles. The molecule has 1 amide bonds. The van der Waals surface area contributed by atoms with Crippen molar-refractivity contribution in [3.63, 3.8) is 0 Å². The first-order valence-electron chi connectivity index (χ1n) is 9.60. The van der Waals surface area contributed by atoms with Crippen LogP contribution in [0.1, 0.15) is 31.0 Å². The number of rotatable bonds is 7. The summed E-state index contributed by atoms with van der Waals surface area (Å²) in [5.74, 6) is 0.274. The molecule has 1 aliphatic rings. The fourth-order valence-electron chi connectivity index (χ4n) is 3.41. The summed E-state index contributed by atoms with van der Waals surface area (Å²) in [7, 11) is 1.62. The van der Waals surface area contributed by atoms with Crippen LogP contribution in [0.2, 0.25) is 0 Å². The molecule has 152 valence electrons. The number of allylic oxidation sites excluding steroid dienone is 1. The van der Waals surface area contributed by atoms with Gasteiger partial charge in [-0.2, -0.15) is 0 Å². The lowest BCUT2D eigenvalue weighted by molar-refractivity contribution is -0.137. The SMILES string of the molecule is CCOC(=O)/C=C(\C)NC1C(=O)N(c2ccc(C)cc2)C1c1ccc(OC)cc1. The first-order valence-corrected chi connectivity index (χ1v) is 9.60. The predicted octanol–water partition coefficient (Wildman–Crippen LogP) is 3.52. The number of benzene rings is 2. The molecular weight excluding hydrogens is 368 g/mol. The maximum Gasteiger partial charge on any atom is 0.332 e. The Labute approximate surface area is 171 Å². The van der Waals surface area contributed by atoms with E-state index in [9.17, 15) is 9.59 Å². The van der Waals surface area contributed by atoms with E-state index in [4.69, 9.17) is 9.47 Å². The standard InChI is InChI=1S/C23H26N2O4/c1-5-29-20(26)14-16(3)24-21-22(17-8-12-19(28-4)13-9-17)25(23(21)27)18-10-6-15(2)7-11-18/h6-14,21-22,24H,5H2,1-4H3/b16-14+. The van der Waals surface area contributed by atoms with Crippen LogP contribution in [0.4, 0.5) is 5.69 Å². The van der Waals surface area contributed by atoms with Gasteiger partial charge in [0.25, 0.3) is 5.91 Å². The van der Waals surface area contributed by atoms with Crippen LogP contribution < -0.4 is 15.0 Å². The highest BCUT2D eigenvalue weighted by Gasteiger charge is 2.49. The van der Waals surface area contributed by atoms with Gasteiger partial charge < -0.3 is 19.7 Å². The Morgan fingerprint density at radius 3 is 2.38 bits per heavy atom. The van der Waals surface area contributed by atoms with E-state index >= 15 is 0 Å². The van der Waals surface area contributed by atoms with E-state index < -0.39 is 12.0 Å². The van der Waals surface area contributed by atoms with Crippen LogP contribution in [-0.2, 0) is 14.3 Å². The van der Waals surface area contributed by atoms with E-state index in [0.717, 1.165) is 22.6 Å². The Balaban J connectivity index is 1.89. The zero-order valence-electron chi connectivity index (χ0n) is 17.1. The summed E-state index contributed by atoms with van der Waals surface area (Å²) in [6, 6.07) is 14.8. The van der Waals surface area contributed by atoms with Crippen molar-refractivity contribution in [2.45, 2.75) is 32.9 Å². The molecule has 0 bridgehead atoms. The molecule has 29 heavy (non-hydrogen) atoms. The molecule has 2 aromatic rings. The molecule has 6 heteroatoms. The minimum Gasteiger partial charge on any atom is -0.497 e. The van der Waals surface area contributed by atoms with Gasteiger partial charge in [0.2, 0.25) is 0 Å². The van der Waals surface area contributed by atoms with Gasteiger partial charge in [0.1, 0.15) is 11.8 Å². The lowest BCUT2D eigenvalue weighted by Crippen LogP contribution is -2.64. The van der Waals surface area contributed by atoms with Crippen LogP contribution >= 0.6 is 0 Å². The monoisotopic (exact) mass is 394 g/mol. The molecule has 0 radical (unpaired) electrons. The second-order valence-electron chi connectivity index (χ2n) is 6.96. The molecule has 2 unspecified atom stereocenters. The molecule has 0 aliphatic carbocycles. The number of aryl methyl sites for hydroxylation is 1. The largest absolute Gasteiger partial charge is 0.497 e. The maximum absolute atomic E-state index is 13.0. The lowest BCUT2D eigenvalue weighted by atomic mass is 9.87. The van der Waals surface area contributed by atoms with Gasteiger partial charge >= 0.3 is 5.97 Å². The average Bonchev–Trinajstić information content (AvgIpc) is 2.71. The zero-order valence-corrected chi connectivity index (χ0v) is 17.1. The van der Waals surface area contributed by atoms with Crippen molar-refractivity contribution < 1.29 is 19.1 Å². The number of nitrogens with zero attached hydrogens (tertiary/aromatic N) is 1. The summed E-state index contributed by atoms with van der Waals surface area (Å²) in [5, 5.41) is 3.18. The normalized spacial score (nSPS) is 18.8. The second-order valence-corrected chi connectivity index (χ2v) is 6.96. The average molecular weight is 394 g/mol. The number of hydrogen-bond donors (Lipinski definition) is 1. The highest BCUT2D eigenvalue weighted by atomic mass is 16.5. The van der Waals surface area contributed by atoms with Crippen molar-refractivity contribution in [3.05, 3.63) is 71.4 Å². The number of amides is 1. The fraction of sp³-hybridized carbons (Fsp3) is 0.304. The molecule has 0 spiro atoms. The number of β-lactam (4-membered cyclic amide) rings is 1. The van der Waals surface area contributed by atoms with Crippen LogP contribution in [0.3, 0.4) is 0 Å². The van der Waals surface area contributed by atoms with Crippen LogP contribution in [0, 0.1) is 6.92 Å².